The van der Waals surface area contributed by atoms with Crippen molar-refractivity contribution in [3.8, 4) is 0 Å². The molecule has 15 heavy (non-hydrogen) atoms. The van der Waals surface area contributed by atoms with Crippen LogP contribution in [0.4, 0.5) is 5.69 Å². The molecule has 2 rings (SSSR count). The Kier molecular flexibility index (Phi) is 2.96. The van der Waals surface area contributed by atoms with Gasteiger partial charge in [-0.2, -0.15) is 0 Å². The lowest BCUT2D eigenvalue weighted by atomic mass is 10.0. The molecular formula is C13H20N2. The molecule has 1 saturated heterocycles. The number of rotatable bonds is 1. The van der Waals surface area contributed by atoms with Gasteiger partial charge in [-0.1, -0.05) is 18.2 Å². The third-order valence-electron chi connectivity index (χ3n) is 3.30. The quantitative estimate of drug-likeness (QED) is 0.760. The predicted molar refractivity (Wildman–Crippen MR) is 65.3 cm³/mol. The minimum atomic E-state index is 0.408. The Hall–Kier alpha value is -1.02. The lowest BCUT2D eigenvalue weighted by Gasteiger charge is -2.34. The van der Waals surface area contributed by atoms with Crippen LogP contribution in [0.25, 0.3) is 0 Å². The van der Waals surface area contributed by atoms with Crippen LogP contribution in [0.2, 0.25) is 0 Å². The standard InChI is InChI=1S/C13H20N2/c1-10-4-3-5-11(2)13(10)15-8-6-12(14)7-9-15/h3-5,12H,6-9,14H2,1-2H3. The summed E-state index contributed by atoms with van der Waals surface area (Å²) >= 11 is 0. The Bertz CT molecular complexity index is 318. The lowest BCUT2D eigenvalue weighted by molar-refractivity contribution is 0.500. The van der Waals surface area contributed by atoms with Crippen molar-refractivity contribution in [2.24, 2.45) is 5.73 Å². The van der Waals surface area contributed by atoms with E-state index in [1.165, 1.54) is 16.8 Å². The normalized spacial score (nSPS) is 18.2. The van der Waals surface area contributed by atoms with E-state index >= 15 is 0 Å². The number of hydrogen-bond donors (Lipinski definition) is 1. The van der Waals surface area contributed by atoms with Crippen molar-refractivity contribution in [1.82, 2.24) is 0 Å². The first-order valence-electron chi connectivity index (χ1n) is 5.75. The smallest absolute Gasteiger partial charge is 0.0425 e. The van der Waals surface area contributed by atoms with E-state index in [0.717, 1.165) is 25.9 Å². The zero-order chi connectivity index (χ0) is 10.8. The second kappa shape index (κ2) is 4.23. The van der Waals surface area contributed by atoms with Crippen LogP contribution < -0.4 is 10.6 Å². The van der Waals surface area contributed by atoms with E-state index in [9.17, 15) is 0 Å². The van der Waals surface area contributed by atoms with Crippen molar-refractivity contribution in [2.75, 3.05) is 18.0 Å². The van der Waals surface area contributed by atoms with E-state index in [0.29, 0.717) is 6.04 Å². The summed E-state index contributed by atoms with van der Waals surface area (Å²) in [6.45, 7) is 6.59. The van der Waals surface area contributed by atoms with Gasteiger partial charge < -0.3 is 10.6 Å². The summed E-state index contributed by atoms with van der Waals surface area (Å²) in [4.78, 5) is 2.48. The zero-order valence-electron chi connectivity index (χ0n) is 9.66. The molecule has 1 heterocycles. The number of para-hydroxylation sites is 1. The van der Waals surface area contributed by atoms with Crippen molar-refractivity contribution in [1.29, 1.82) is 0 Å². The van der Waals surface area contributed by atoms with E-state index in [2.05, 4.69) is 36.9 Å². The maximum atomic E-state index is 5.92. The Balaban J connectivity index is 2.22. The van der Waals surface area contributed by atoms with E-state index in [4.69, 9.17) is 5.73 Å². The predicted octanol–water partition coefficient (Wildman–Crippen LogP) is 2.23. The van der Waals surface area contributed by atoms with Crippen molar-refractivity contribution in [3.63, 3.8) is 0 Å². The van der Waals surface area contributed by atoms with Gasteiger partial charge in [-0.3, -0.25) is 0 Å². The topological polar surface area (TPSA) is 29.3 Å². The minimum absolute atomic E-state index is 0.408. The summed E-state index contributed by atoms with van der Waals surface area (Å²) < 4.78 is 0. The molecular weight excluding hydrogens is 184 g/mol. The molecule has 1 aliphatic heterocycles. The molecule has 2 heteroatoms. The molecule has 2 nitrogen and oxygen atoms in total. The fourth-order valence-electron chi connectivity index (χ4n) is 2.43. The van der Waals surface area contributed by atoms with Gasteiger partial charge in [0.2, 0.25) is 0 Å². The van der Waals surface area contributed by atoms with Gasteiger partial charge in [-0.05, 0) is 37.8 Å². The fourth-order valence-corrected chi connectivity index (χ4v) is 2.43. The second-order valence-corrected chi connectivity index (χ2v) is 4.56. The van der Waals surface area contributed by atoms with Crippen LogP contribution in [0.15, 0.2) is 18.2 Å². The van der Waals surface area contributed by atoms with Crippen molar-refractivity contribution < 1.29 is 0 Å². The second-order valence-electron chi connectivity index (χ2n) is 4.56. The number of hydrogen-bond acceptors (Lipinski definition) is 2. The van der Waals surface area contributed by atoms with Gasteiger partial charge in [0.15, 0.2) is 0 Å². The molecule has 1 fully saturated rings. The lowest BCUT2D eigenvalue weighted by Crippen LogP contribution is -2.40. The fraction of sp³-hybridized carbons (Fsp3) is 0.538. The van der Waals surface area contributed by atoms with Crippen LogP contribution in [0.1, 0.15) is 24.0 Å². The Morgan fingerprint density at radius 1 is 1.13 bits per heavy atom. The Morgan fingerprint density at radius 3 is 2.20 bits per heavy atom. The molecule has 82 valence electrons. The first kappa shape index (κ1) is 10.5. The maximum absolute atomic E-state index is 5.92. The van der Waals surface area contributed by atoms with Crippen LogP contribution in [0, 0.1) is 13.8 Å². The third kappa shape index (κ3) is 2.15. The van der Waals surface area contributed by atoms with Crippen LogP contribution >= 0.6 is 0 Å². The van der Waals surface area contributed by atoms with Crippen molar-refractivity contribution in [2.45, 2.75) is 32.7 Å². The molecule has 0 aromatic heterocycles. The average Bonchev–Trinajstić information content (AvgIpc) is 2.20. The average molecular weight is 204 g/mol. The van der Waals surface area contributed by atoms with Crippen molar-refractivity contribution >= 4 is 5.69 Å². The number of anilines is 1. The molecule has 0 unspecified atom stereocenters. The number of nitrogens with two attached hydrogens (primary N) is 1. The monoisotopic (exact) mass is 204 g/mol. The number of aryl methyl sites for hydroxylation is 2. The number of piperidine rings is 1. The van der Waals surface area contributed by atoms with Gasteiger partial charge in [0.1, 0.15) is 0 Å². The summed E-state index contributed by atoms with van der Waals surface area (Å²) in [5, 5.41) is 0. The Morgan fingerprint density at radius 2 is 1.67 bits per heavy atom. The molecule has 0 bridgehead atoms. The van der Waals surface area contributed by atoms with E-state index in [1.807, 2.05) is 0 Å². The highest BCUT2D eigenvalue weighted by Crippen LogP contribution is 2.26. The van der Waals surface area contributed by atoms with E-state index in [1.54, 1.807) is 0 Å². The first-order chi connectivity index (χ1) is 7.18. The van der Waals surface area contributed by atoms with Crippen LogP contribution in [0.3, 0.4) is 0 Å². The molecule has 1 aliphatic rings. The zero-order valence-corrected chi connectivity index (χ0v) is 9.66. The van der Waals surface area contributed by atoms with Crippen LogP contribution in [-0.2, 0) is 0 Å². The number of benzene rings is 1. The van der Waals surface area contributed by atoms with Gasteiger partial charge in [-0.25, -0.2) is 0 Å². The summed E-state index contributed by atoms with van der Waals surface area (Å²) in [7, 11) is 0. The SMILES string of the molecule is Cc1cccc(C)c1N1CCC(N)CC1. The van der Waals surface area contributed by atoms with Gasteiger partial charge in [-0.15, -0.1) is 0 Å². The summed E-state index contributed by atoms with van der Waals surface area (Å²) in [6.07, 6.45) is 2.24. The van der Waals surface area contributed by atoms with Gasteiger partial charge in [0, 0.05) is 24.8 Å². The molecule has 0 radical (unpaired) electrons. The maximum Gasteiger partial charge on any atom is 0.0425 e. The molecule has 2 N–H and O–H groups in total. The molecule has 0 aliphatic carbocycles. The largest absolute Gasteiger partial charge is 0.371 e. The molecule has 1 aromatic carbocycles. The summed E-state index contributed by atoms with van der Waals surface area (Å²) in [6, 6.07) is 6.92. The molecule has 0 saturated carbocycles. The van der Waals surface area contributed by atoms with E-state index in [-0.39, 0.29) is 0 Å². The highest BCUT2D eigenvalue weighted by atomic mass is 15.1. The summed E-state index contributed by atoms with van der Waals surface area (Å²) in [5.41, 5.74) is 10.1. The van der Waals surface area contributed by atoms with Gasteiger partial charge >= 0.3 is 0 Å². The molecule has 0 atom stereocenters. The molecule has 0 amide bonds. The van der Waals surface area contributed by atoms with Gasteiger partial charge in [0.05, 0.1) is 0 Å². The van der Waals surface area contributed by atoms with Crippen LogP contribution in [0.5, 0.6) is 0 Å². The Labute approximate surface area is 92.1 Å². The highest BCUT2D eigenvalue weighted by molar-refractivity contribution is 5.59. The number of nitrogens with zero attached hydrogens (tertiary/aromatic N) is 1. The van der Waals surface area contributed by atoms with Crippen molar-refractivity contribution in [3.05, 3.63) is 29.3 Å². The first-order valence-corrected chi connectivity index (χ1v) is 5.75. The third-order valence-corrected chi connectivity index (χ3v) is 3.30. The van der Waals surface area contributed by atoms with E-state index < -0.39 is 0 Å². The summed E-state index contributed by atoms with van der Waals surface area (Å²) in [5.74, 6) is 0. The van der Waals surface area contributed by atoms with Crippen LogP contribution in [-0.4, -0.2) is 19.1 Å². The minimum Gasteiger partial charge on any atom is -0.371 e. The van der Waals surface area contributed by atoms with Gasteiger partial charge in [0.25, 0.3) is 0 Å². The molecule has 1 aromatic rings. The molecule has 0 spiro atoms. The highest BCUT2D eigenvalue weighted by Gasteiger charge is 2.18.